The van der Waals surface area contributed by atoms with E-state index in [0.29, 0.717) is 33.0 Å². The highest BCUT2D eigenvalue weighted by molar-refractivity contribution is 7.10. The lowest BCUT2D eigenvalue weighted by molar-refractivity contribution is 0.102. The molecule has 2 heterocycles. The zero-order valence-electron chi connectivity index (χ0n) is 15.5. The van der Waals surface area contributed by atoms with Crippen LogP contribution in [-0.2, 0) is 0 Å². The molecule has 0 spiro atoms. The molecular weight excluding hydrogens is 412 g/mol. The van der Waals surface area contributed by atoms with Gasteiger partial charge in [-0.15, -0.1) is 5.10 Å². The highest BCUT2D eigenvalue weighted by Crippen LogP contribution is 2.24. The van der Waals surface area contributed by atoms with Crippen molar-refractivity contribution in [3.8, 4) is 23.0 Å². The second-order valence-corrected chi connectivity index (χ2v) is 7.21. The summed E-state index contributed by atoms with van der Waals surface area (Å²) in [5.41, 5.74) is 2.64. The molecular formula is C19H15ClN6O2S. The van der Waals surface area contributed by atoms with Crippen LogP contribution in [0.25, 0.3) is 17.2 Å². The van der Waals surface area contributed by atoms with E-state index in [2.05, 4.69) is 25.0 Å². The largest absolute Gasteiger partial charge is 0.497 e. The molecule has 0 aliphatic rings. The van der Waals surface area contributed by atoms with Crippen molar-refractivity contribution < 1.29 is 9.53 Å². The van der Waals surface area contributed by atoms with Gasteiger partial charge < -0.3 is 4.74 Å². The van der Waals surface area contributed by atoms with E-state index in [9.17, 15) is 4.79 Å². The molecule has 4 rings (SSSR count). The van der Waals surface area contributed by atoms with Gasteiger partial charge in [0.2, 0.25) is 5.13 Å². The van der Waals surface area contributed by atoms with Gasteiger partial charge >= 0.3 is 0 Å². The van der Waals surface area contributed by atoms with Gasteiger partial charge in [0.15, 0.2) is 11.5 Å². The second kappa shape index (κ2) is 7.98. The van der Waals surface area contributed by atoms with Crippen LogP contribution in [0.2, 0.25) is 5.02 Å². The molecule has 1 N–H and O–H groups in total. The molecule has 0 fully saturated rings. The first kappa shape index (κ1) is 19.0. The zero-order chi connectivity index (χ0) is 20.4. The van der Waals surface area contributed by atoms with Crippen LogP contribution in [-0.4, -0.2) is 37.4 Å². The van der Waals surface area contributed by atoms with Gasteiger partial charge in [-0.05, 0) is 55.5 Å². The van der Waals surface area contributed by atoms with Crippen LogP contribution >= 0.6 is 23.1 Å². The summed E-state index contributed by atoms with van der Waals surface area (Å²) in [4.78, 5) is 16.8. The van der Waals surface area contributed by atoms with E-state index in [1.54, 1.807) is 48.2 Å². The van der Waals surface area contributed by atoms with Crippen LogP contribution in [0.3, 0.4) is 0 Å². The summed E-state index contributed by atoms with van der Waals surface area (Å²) in [7, 11) is 1.57. The van der Waals surface area contributed by atoms with E-state index < -0.39 is 0 Å². The maximum atomic E-state index is 12.4. The molecule has 0 radical (unpaired) electrons. The number of carbonyl (C=O) groups excluding carboxylic acids is 1. The van der Waals surface area contributed by atoms with E-state index in [4.69, 9.17) is 16.3 Å². The third-order valence-corrected chi connectivity index (χ3v) is 5.06. The minimum Gasteiger partial charge on any atom is -0.497 e. The summed E-state index contributed by atoms with van der Waals surface area (Å²) >= 11 is 7.02. The first-order valence-corrected chi connectivity index (χ1v) is 9.68. The Morgan fingerprint density at radius 1 is 1.14 bits per heavy atom. The van der Waals surface area contributed by atoms with Gasteiger partial charge in [-0.25, -0.2) is 4.68 Å². The fourth-order valence-corrected chi connectivity index (χ4v) is 3.34. The average Bonchev–Trinajstić information content (AvgIpc) is 3.35. The van der Waals surface area contributed by atoms with Gasteiger partial charge in [-0.2, -0.15) is 9.36 Å². The molecule has 146 valence electrons. The van der Waals surface area contributed by atoms with Crippen molar-refractivity contribution >= 4 is 34.2 Å². The Hall–Kier alpha value is -3.30. The summed E-state index contributed by atoms with van der Waals surface area (Å²) < 4.78 is 11.1. The maximum Gasteiger partial charge on any atom is 0.257 e. The number of hydrogen-bond acceptors (Lipinski definition) is 7. The van der Waals surface area contributed by atoms with Crippen molar-refractivity contribution in [2.75, 3.05) is 12.4 Å². The van der Waals surface area contributed by atoms with Gasteiger partial charge in [0, 0.05) is 22.1 Å². The van der Waals surface area contributed by atoms with Crippen molar-refractivity contribution in [2.24, 2.45) is 0 Å². The standard InChI is InChI=1S/C19H15ClN6O2S/c1-11-16(23-25-26(11)14-7-5-13(20)6-8-14)17-21-19(29-24-17)22-18(27)12-3-9-15(28-2)10-4-12/h3-10H,1-2H3,(H,21,22,24,27). The Kier molecular flexibility index (Phi) is 5.24. The number of amides is 1. The van der Waals surface area contributed by atoms with Crippen LogP contribution in [0.15, 0.2) is 48.5 Å². The van der Waals surface area contributed by atoms with Crippen molar-refractivity contribution in [1.82, 2.24) is 24.4 Å². The fraction of sp³-hybridized carbons (Fsp3) is 0.105. The topological polar surface area (TPSA) is 94.8 Å². The maximum absolute atomic E-state index is 12.4. The molecule has 0 atom stereocenters. The van der Waals surface area contributed by atoms with E-state index in [1.807, 2.05) is 19.1 Å². The molecule has 0 unspecified atom stereocenters. The van der Waals surface area contributed by atoms with Gasteiger partial charge in [0.05, 0.1) is 18.5 Å². The van der Waals surface area contributed by atoms with E-state index in [0.717, 1.165) is 22.9 Å². The van der Waals surface area contributed by atoms with Crippen molar-refractivity contribution in [2.45, 2.75) is 6.92 Å². The summed E-state index contributed by atoms with van der Waals surface area (Å²) in [5, 5.41) is 12.1. The number of benzene rings is 2. The Morgan fingerprint density at radius 3 is 2.55 bits per heavy atom. The molecule has 10 heteroatoms. The predicted octanol–water partition coefficient (Wildman–Crippen LogP) is 4.01. The number of aromatic nitrogens is 5. The molecule has 2 aromatic carbocycles. The van der Waals surface area contributed by atoms with Crippen LogP contribution < -0.4 is 10.1 Å². The lowest BCUT2D eigenvalue weighted by Crippen LogP contribution is -2.11. The molecule has 4 aromatic rings. The first-order valence-electron chi connectivity index (χ1n) is 8.53. The molecule has 0 bridgehead atoms. The Bertz CT molecular complexity index is 1150. The average molecular weight is 427 g/mol. The van der Waals surface area contributed by atoms with Gasteiger partial charge in [0.1, 0.15) is 5.75 Å². The number of halogens is 1. The van der Waals surface area contributed by atoms with E-state index >= 15 is 0 Å². The van der Waals surface area contributed by atoms with Gasteiger partial charge in [0.25, 0.3) is 5.91 Å². The minimum absolute atomic E-state index is 0.281. The number of carbonyl (C=O) groups is 1. The zero-order valence-corrected chi connectivity index (χ0v) is 17.0. The monoisotopic (exact) mass is 426 g/mol. The summed E-state index contributed by atoms with van der Waals surface area (Å²) in [6.45, 7) is 1.88. The lowest BCUT2D eigenvalue weighted by atomic mass is 10.2. The Balaban J connectivity index is 1.53. The summed E-state index contributed by atoms with van der Waals surface area (Å²) in [6.07, 6.45) is 0. The molecule has 0 saturated heterocycles. The third-order valence-electron chi connectivity index (χ3n) is 4.18. The Labute approximate surface area is 175 Å². The third kappa shape index (κ3) is 3.96. The van der Waals surface area contributed by atoms with Crippen molar-refractivity contribution in [3.63, 3.8) is 0 Å². The number of nitrogens with one attached hydrogen (secondary N) is 1. The quantitative estimate of drug-likeness (QED) is 0.518. The molecule has 0 saturated carbocycles. The van der Waals surface area contributed by atoms with Gasteiger partial charge in [-0.3, -0.25) is 10.1 Å². The second-order valence-electron chi connectivity index (χ2n) is 6.02. The molecule has 2 aromatic heterocycles. The number of hydrogen-bond donors (Lipinski definition) is 1. The minimum atomic E-state index is -0.281. The number of methoxy groups -OCH3 is 1. The molecule has 0 aliphatic heterocycles. The SMILES string of the molecule is COc1ccc(C(=O)Nc2nc(-c3nnn(-c4ccc(Cl)cc4)c3C)ns2)cc1. The first-order chi connectivity index (χ1) is 14.0. The number of nitrogens with zero attached hydrogens (tertiary/aromatic N) is 5. The summed E-state index contributed by atoms with van der Waals surface area (Å²) in [5.74, 6) is 0.800. The van der Waals surface area contributed by atoms with Crippen LogP contribution in [0.1, 0.15) is 16.1 Å². The fourth-order valence-electron chi connectivity index (χ4n) is 2.65. The summed E-state index contributed by atoms with van der Waals surface area (Å²) in [6, 6.07) is 14.1. The Morgan fingerprint density at radius 2 is 1.86 bits per heavy atom. The van der Waals surface area contributed by atoms with Crippen LogP contribution in [0.4, 0.5) is 5.13 Å². The molecule has 8 nitrogen and oxygen atoms in total. The highest BCUT2D eigenvalue weighted by atomic mass is 35.5. The number of anilines is 1. The number of rotatable bonds is 5. The molecule has 1 amide bonds. The highest BCUT2D eigenvalue weighted by Gasteiger charge is 2.18. The predicted molar refractivity (Wildman–Crippen MR) is 111 cm³/mol. The normalized spacial score (nSPS) is 10.7. The lowest BCUT2D eigenvalue weighted by Gasteiger charge is -2.03. The number of ether oxygens (including phenoxy) is 1. The van der Waals surface area contributed by atoms with E-state index in [1.165, 1.54) is 0 Å². The van der Waals surface area contributed by atoms with E-state index in [-0.39, 0.29) is 5.91 Å². The molecule has 0 aliphatic carbocycles. The smallest absolute Gasteiger partial charge is 0.257 e. The van der Waals surface area contributed by atoms with Crippen LogP contribution in [0.5, 0.6) is 5.75 Å². The van der Waals surface area contributed by atoms with Crippen LogP contribution in [0, 0.1) is 6.92 Å². The van der Waals surface area contributed by atoms with Crippen molar-refractivity contribution in [1.29, 1.82) is 0 Å². The molecule has 29 heavy (non-hydrogen) atoms. The van der Waals surface area contributed by atoms with Crippen molar-refractivity contribution in [3.05, 3.63) is 64.8 Å². The van der Waals surface area contributed by atoms with Gasteiger partial charge in [-0.1, -0.05) is 16.8 Å².